The fourth-order valence-corrected chi connectivity index (χ4v) is 11.8. The number of hydrogen-bond acceptors (Lipinski definition) is 26. The number of esters is 3. The molecule has 0 radical (unpaired) electrons. The number of fused-ring (bicyclic) bond motifs is 2. The zero-order chi connectivity index (χ0) is 86.8. The average Bonchev–Trinajstić information content (AvgIpc) is 1.68. The number of oxime groups is 1. The number of carbonyl (C=O) groups excluding carboxylic acids is 4. The Morgan fingerprint density at radius 3 is 1.17 bits per heavy atom. The number of nitro groups is 2. The van der Waals surface area contributed by atoms with E-state index in [0.29, 0.717) is 84.3 Å². The molecule has 9 aromatic carbocycles. The molecule has 0 amide bonds. The Bertz CT molecular complexity index is 6000. The number of nitrogens with zero attached hydrogens (tertiary/aromatic N) is 11. The maximum atomic E-state index is 13.6. The van der Waals surface area contributed by atoms with Crippen LogP contribution in [0.2, 0.25) is 10.0 Å². The number of rotatable bonds is 20. The molecule has 0 fully saturated rings. The van der Waals surface area contributed by atoms with E-state index in [9.17, 15) is 49.0 Å². The van der Waals surface area contributed by atoms with Crippen LogP contribution in [0.4, 0.5) is 11.4 Å². The van der Waals surface area contributed by atoms with E-state index in [1.165, 1.54) is 11.1 Å². The highest BCUT2D eigenvalue weighted by Gasteiger charge is 2.34. The van der Waals surface area contributed by atoms with Crippen molar-refractivity contribution in [2.24, 2.45) is 5.16 Å². The number of Topliss-reactive ketones (excluding diaryl/α,β-unsaturated/α-hetero) is 1. The van der Waals surface area contributed by atoms with E-state index >= 15 is 0 Å². The lowest BCUT2D eigenvalue weighted by atomic mass is 10.0. The van der Waals surface area contributed by atoms with Crippen LogP contribution in [0.3, 0.4) is 0 Å². The summed E-state index contributed by atoms with van der Waals surface area (Å²) in [7, 11) is 0. The molecule has 0 aliphatic heterocycles. The van der Waals surface area contributed by atoms with Gasteiger partial charge in [0.25, 0.3) is 28.5 Å². The van der Waals surface area contributed by atoms with E-state index in [2.05, 4.69) is 82.5 Å². The van der Waals surface area contributed by atoms with Crippen LogP contribution in [0, 0.1) is 20.2 Å². The Hall–Kier alpha value is -14.9. The first-order chi connectivity index (χ1) is 58.4. The van der Waals surface area contributed by atoms with Gasteiger partial charge in [-0.25, -0.2) is 24.4 Å². The Kier molecular flexibility index (Phi) is 30.9. The minimum Gasteiger partial charge on any atom is -0.461 e. The predicted molar refractivity (Wildman–Crippen MR) is 456 cm³/mol. The van der Waals surface area contributed by atoms with E-state index in [1.54, 1.807) is 139 Å². The van der Waals surface area contributed by atoms with Gasteiger partial charge in [0.05, 0.1) is 36.1 Å². The summed E-state index contributed by atoms with van der Waals surface area (Å²) in [6, 6.07) is 75.3. The van der Waals surface area contributed by atoms with Crippen molar-refractivity contribution in [2.75, 3.05) is 32.1 Å². The molecular formula is C88H75Cl3N12O18. The van der Waals surface area contributed by atoms with Crippen molar-refractivity contribution < 1.29 is 66.5 Å². The summed E-state index contributed by atoms with van der Waals surface area (Å²) in [5.74, 6) is 0.380. The maximum Gasteiger partial charge on any atom is 0.372 e. The molecular weight excluding hydrogens is 1620 g/mol. The fraction of sp³-hybridized carbons (Fsp3) is 0.148. The molecule has 0 saturated heterocycles. The van der Waals surface area contributed by atoms with Gasteiger partial charge in [0.15, 0.2) is 28.3 Å². The van der Waals surface area contributed by atoms with Crippen LogP contribution in [0.25, 0.3) is 102 Å². The zero-order valence-electron chi connectivity index (χ0n) is 65.7. The number of nitrogen functional groups attached to an aromatic ring is 1. The first-order valence-electron chi connectivity index (χ1n) is 37.1. The second-order valence-electron chi connectivity index (χ2n) is 26.1. The Balaban J connectivity index is 0.000000161. The third kappa shape index (κ3) is 22.3. The second kappa shape index (κ2) is 42.3. The van der Waals surface area contributed by atoms with Crippen molar-refractivity contribution >= 4 is 97.1 Å². The minimum atomic E-state index is -0.875. The molecule has 616 valence electrons. The molecule has 3 N–H and O–H groups in total. The molecule has 0 unspecified atom stereocenters. The van der Waals surface area contributed by atoms with Gasteiger partial charge < -0.3 is 43.2 Å². The molecule has 0 spiro atoms. The third-order valence-corrected chi connectivity index (χ3v) is 18.1. The van der Waals surface area contributed by atoms with Crippen LogP contribution in [0.1, 0.15) is 103 Å². The highest BCUT2D eigenvalue weighted by Crippen LogP contribution is 2.36. The summed E-state index contributed by atoms with van der Waals surface area (Å²) in [5.41, 5.74) is 14.4. The summed E-state index contributed by atoms with van der Waals surface area (Å²) in [4.78, 5) is 101. The SMILES string of the molecule is CC(C)c1ccc(-c2nc3c(-c4ccccc4)onc3c(=O)n2-c2ccc(Cl)cc2)cc1.CC(C)c1ccc(-c2nc3c(-c4ccccc4)onc3c(=O)n2-c2ccc(Cl)cc2)cc1.CCOC(=O)/C(Cl)=N/O.CCOC(=O)c1noc(-c2ccccc2)c1N.CCOC(=O)c1noc(-c2ccccc2)c1[N+](=O)[O-].O=C(C[N+](=O)[O-])c1ccccc1. The molecule has 0 aliphatic carbocycles. The summed E-state index contributed by atoms with van der Waals surface area (Å²) in [6.07, 6.45) is 0. The van der Waals surface area contributed by atoms with Crippen LogP contribution in [-0.2, 0) is 19.0 Å². The van der Waals surface area contributed by atoms with Crippen molar-refractivity contribution in [3.05, 3.63) is 328 Å². The van der Waals surface area contributed by atoms with E-state index in [-0.39, 0.29) is 59.1 Å². The Labute approximate surface area is 704 Å². The predicted octanol–water partition coefficient (Wildman–Crippen LogP) is 19.2. The largest absolute Gasteiger partial charge is 0.461 e. The summed E-state index contributed by atoms with van der Waals surface area (Å²) >= 11 is 17.2. The number of anilines is 1. The third-order valence-electron chi connectivity index (χ3n) is 17.4. The Morgan fingerprint density at radius 2 is 0.810 bits per heavy atom. The molecule has 15 rings (SSSR count). The van der Waals surface area contributed by atoms with Gasteiger partial charge in [-0.3, -0.25) is 43.7 Å². The number of hydrogen-bond donors (Lipinski definition) is 2. The zero-order valence-corrected chi connectivity index (χ0v) is 67.9. The number of carbonyl (C=O) groups is 4. The number of ketones is 1. The van der Waals surface area contributed by atoms with E-state index in [1.807, 2.05) is 115 Å². The lowest BCUT2D eigenvalue weighted by Crippen LogP contribution is -2.22. The number of halogens is 3. The minimum absolute atomic E-state index is 0.0192. The van der Waals surface area contributed by atoms with Gasteiger partial charge >= 0.3 is 23.6 Å². The molecule has 0 saturated carbocycles. The molecule has 0 atom stereocenters. The van der Waals surface area contributed by atoms with Crippen LogP contribution in [-0.4, -0.2) is 110 Å². The summed E-state index contributed by atoms with van der Waals surface area (Å²) in [5, 5.41) is 47.2. The van der Waals surface area contributed by atoms with Crippen LogP contribution in [0.15, 0.2) is 282 Å². The Morgan fingerprint density at radius 1 is 0.463 bits per heavy atom. The topological polar surface area (TPSA) is 415 Å². The maximum absolute atomic E-state index is 13.6. The molecule has 0 aliphatic rings. The lowest BCUT2D eigenvalue weighted by Gasteiger charge is -2.13. The first kappa shape index (κ1) is 88.5. The van der Waals surface area contributed by atoms with Crippen LogP contribution >= 0.6 is 34.8 Å². The number of nitrogens with two attached hydrogens (primary N) is 1. The standard InChI is InChI=1S/2C26H20ClN3O2.C12H10N2O5.C12H12N2O3.C8H7NO3.C4H6ClNO3/c2*1-16(2)17-8-10-19(11-9-17)25-28-22-23(29-32-24(22)18-6-4-3-5-7-18)26(31)30(25)21-14-12-20(27)13-15-21;1-2-18-12(15)9-10(14(16)17)11(19-13-9)8-6-4-3-5-7-8;1-2-16-12(15)10-9(13)11(17-14-10)8-6-4-3-5-7-8;10-8(6-9(11)12)7-4-2-1-3-5-7;1-2-9-4(7)3(5)6-8/h2*3-16H,1-2H3;3-7H,2H2,1H3;3-7H,2,13H2,1H3;1-5H,6H2;8H,2H2,1H3/b;;;;;6-3-. The molecule has 6 aromatic heterocycles. The van der Waals surface area contributed by atoms with E-state index < -0.39 is 56.6 Å². The normalized spacial score (nSPS) is 10.8. The molecule has 15 aromatic rings. The number of aromatic nitrogens is 8. The van der Waals surface area contributed by atoms with E-state index in [4.69, 9.17) is 83.3 Å². The van der Waals surface area contributed by atoms with Gasteiger partial charge in [-0.05, 0) is 92.3 Å². The number of benzene rings is 9. The smallest absolute Gasteiger partial charge is 0.372 e. The summed E-state index contributed by atoms with van der Waals surface area (Å²) in [6.45, 7) is 13.5. The van der Waals surface area contributed by atoms with Crippen LogP contribution < -0.4 is 16.9 Å². The van der Waals surface area contributed by atoms with Crippen molar-refractivity contribution in [1.29, 1.82) is 0 Å². The quantitative estimate of drug-likeness (QED) is 0.0136. The second-order valence-corrected chi connectivity index (χ2v) is 27.3. The average molecular weight is 1690 g/mol. The van der Waals surface area contributed by atoms with Crippen molar-refractivity contribution in [3.8, 4) is 79.4 Å². The molecule has 121 heavy (non-hydrogen) atoms. The van der Waals surface area contributed by atoms with Gasteiger partial charge in [-0.2, -0.15) is 0 Å². The van der Waals surface area contributed by atoms with Crippen LogP contribution in [0.5, 0.6) is 0 Å². The first-order valence-corrected chi connectivity index (χ1v) is 38.3. The van der Waals surface area contributed by atoms with Gasteiger partial charge in [0.2, 0.25) is 17.2 Å². The van der Waals surface area contributed by atoms with Crippen molar-refractivity contribution in [2.45, 2.75) is 60.3 Å². The van der Waals surface area contributed by atoms with E-state index in [0.717, 1.165) is 27.8 Å². The molecule has 30 nitrogen and oxygen atoms in total. The fourth-order valence-electron chi connectivity index (χ4n) is 11.5. The molecule has 33 heteroatoms. The highest BCUT2D eigenvalue weighted by atomic mass is 35.5. The van der Waals surface area contributed by atoms with Gasteiger partial charge in [-0.15, -0.1) is 0 Å². The number of ether oxygens (including phenoxy) is 3. The highest BCUT2D eigenvalue weighted by molar-refractivity contribution is 6.81. The van der Waals surface area contributed by atoms with Crippen molar-refractivity contribution in [3.63, 3.8) is 0 Å². The lowest BCUT2D eigenvalue weighted by molar-refractivity contribution is -0.465. The van der Waals surface area contributed by atoms with Crippen molar-refractivity contribution in [1.82, 2.24) is 39.7 Å². The van der Waals surface area contributed by atoms with Gasteiger partial charge in [0, 0.05) is 53.9 Å². The van der Waals surface area contributed by atoms with Gasteiger partial charge in [-0.1, -0.05) is 288 Å². The monoisotopic (exact) mass is 1690 g/mol. The van der Waals surface area contributed by atoms with Gasteiger partial charge in [0.1, 0.15) is 28.4 Å². The summed E-state index contributed by atoms with van der Waals surface area (Å²) < 4.78 is 38.1. The molecule has 6 heterocycles. The molecule has 0 bridgehead atoms.